The van der Waals surface area contributed by atoms with Gasteiger partial charge in [-0.3, -0.25) is 0 Å². The van der Waals surface area contributed by atoms with Crippen LogP contribution in [-0.4, -0.2) is 25.2 Å². The second-order valence-corrected chi connectivity index (χ2v) is 6.57. The van der Waals surface area contributed by atoms with Gasteiger partial charge in [0.25, 0.3) is 0 Å². The number of hydrogen-bond acceptors (Lipinski definition) is 3. The number of nitrogens with one attached hydrogen (secondary N) is 1. The van der Waals surface area contributed by atoms with E-state index in [1.54, 1.807) is 0 Å². The maximum Gasteiger partial charge on any atom is 0.119 e. The maximum atomic E-state index is 5.96. The molecular weight excluding hydrogens is 272 g/mol. The van der Waals surface area contributed by atoms with Gasteiger partial charge in [-0.2, -0.15) is 0 Å². The minimum absolute atomic E-state index is 0.404. The second kappa shape index (κ2) is 8.41. The molecule has 0 aromatic rings. The van der Waals surface area contributed by atoms with Gasteiger partial charge < -0.3 is 15.8 Å². The third-order valence-electron chi connectivity index (χ3n) is 4.59. The molecule has 0 spiro atoms. The Hall–Kier alpha value is -1.24. The van der Waals surface area contributed by atoms with Crippen molar-refractivity contribution in [2.75, 3.05) is 13.2 Å². The number of nitrogens with two attached hydrogens (primary N) is 1. The lowest BCUT2D eigenvalue weighted by Crippen LogP contribution is -2.33. The first-order valence-electron chi connectivity index (χ1n) is 8.65. The molecule has 0 bridgehead atoms. The largest absolute Gasteiger partial charge is 0.492 e. The van der Waals surface area contributed by atoms with Crippen LogP contribution in [0.25, 0.3) is 0 Å². The molecule has 1 fully saturated rings. The maximum absolute atomic E-state index is 5.96. The fraction of sp³-hybridized carbons (Fsp3) is 0.684. The molecule has 2 atom stereocenters. The zero-order valence-corrected chi connectivity index (χ0v) is 14.0. The lowest BCUT2D eigenvalue weighted by Gasteiger charge is -2.23. The summed E-state index contributed by atoms with van der Waals surface area (Å²) in [5.74, 6) is 4.24. The number of rotatable bonds is 8. The van der Waals surface area contributed by atoms with Gasteiger partial charge >= 0.3 is 0 Å². The molecule has 0 aliphatic heterocycles. The van der Waals surface area contributed by atoms with Gasteiger partial charge in [0.05, 0.1) is 0 Å². The Labute approximate surface area is 135 Å². The normalized spacial score (nSPS) is 22.2. The Morgan fingerprint density at radius 2 is 2.14 bits per heavy atom. The van der Waals surface area contributed by atoms with E-state index in [2.05, 4.69) is 31.2 Å². The van der Waals surface area contributed by atoms with E-state index in [4.69, 9.17) is 16.9 Å². The van der Waals surface area contributed by atoms with E-state index in [0.29, 0.717) is 25.1 Å². The highest BCUT2D eigenvalue weighted by Crippen LogP contribution is 2.31. The van der Waals surface area contributed by atoms with Crippen molar-refractivity contribution in [3.8, 4) is 12.3 Å². The van der Waals surface area contributed by atoms with E-state index in [9.17, 15) is 0 Å². The smallest absolute Gasteiger partial charge is 0.119 e. The first-order valence-corrected chi connectivity index (χ1v) is 8.65. The Morgan fingerprint density at radius 1 is 1.41 bits per heavy atom. The van der Waals surface area contributed by atoms with Crippen LogP contribution in [0, 0.1) is 18.3 Å². The van der Waals surface area contributed by atoms with Crippen molar-refractivity contribution >= 4 is 0 Å². The average molecular weight is 302 g/mol. The molecule has 3 N–H and O–H groups in total. The minimum atomic E-state index is 0.404. The van der Waals surface area contributed by atoms with E-state index in [-0.39, 0.29) is 0 Å². The summed E-state index contributed by atoms with van der Waals surface area (Å²) >= 11 is 0. The Balaban J connectivity index is 2.14. The standard InChI is InChI=1S/C19H30N2O/c1-4-16-7-5-6-8-18(16)19(22-12-11-20)13-14(2)15(3)21-17-9-10-17/h1,13-15,17,21H,5-12,20H2,2-3H3/b19-13+. The molecule has 3 heteroatoms. The number of allylic oxidation sites excluding steroid dienone is 2. The van der Waals surface area contributed by atoms with Crippen LogP contribution in [0.4, 0.5) is 0 Å². The molecule has 122 valence electrons. The van der Waals surface area contributed by atoms with Crippen molar-refractivity contribution in [1.29, 1.82) is 0 Å². The van der Waals surface area contributed by atoms with Crippen molar-refractivity contribution < 1.29 is 4.74 Å². The molecule has 1 saturated carbocycles. The summed E-state index contributed by atoms with van der Waals surface area (Å²) in [7, 11) is 0. The van der Waals surface area contributed by atoms with Gasteiger partial charge in [-0.25, -0.2) is 0 Å². The van der Waals surface area contributed by atoms with Crippen LogP contribution < -0.4 is 11.1 Å². The fourth-order valence-corrected chi connectivity index (χ4v) is 2.90. The molecule has 22 heavy (non-hydrogen) atoms. The average Bonchev–Trinajstić information content (AvgIpc) is 3.35. The summed E-state index contributed by atoms with van der Waals surface area (Å²) in [4.78, 5) is 0. The van der Waals surface area contributed by atoms with Crippen molar-refractivity contribution in [2.24, 2.45) is 11.7 Å². The Kier molecular flexibility index (Phi) is 6.54. The lowest BCUT2D eigenvalue weighted by atomic mass is 9.89. The van der Waals surface area contributed by atoms with Gasteiger partial charge in [-0.05, 0) is 57.4 Å². The van der Waals surface area contributed by atoms with Gasteiger partial charge in [0.1, 0.15) is 12.4 Å². The van der Waals surface area contributed by atoms with Crippen LogP contribution in [0.5, 0.6) is 0 Å². The predicted molar refractivity (Wildman–Crippen MR) is 92.2 cm³/mol. The van der Waals surface area contributed by atoms with Gasteiger partial charge in [0.2, 0.25) is 0 Å². The zero-order chi connectivity index (χ0) is 15.9. The molecule has 3 nitrogen and oxygen atoms in total. The van der Waals surface area contributed by atoms with Crippen molar-refractivity contribution in [3.05, 3.63) is 23.0 Å². The summed E-state index contributed by atoms with van der Waals surface area (Å²) in [5, 5.41) is 3.66. The highest BCUT2D eigenvalue weighted by atomic mass is 16.5. The van der Waals surface area contributed by atoms with Crippen LogP contribution in [0.3, 0.4) is 0 Å². The van der Waals surface area contributed by atoms with E-state index >= 15 is 0 Å². The SMILES string of the molecule is C#CC1=C(/C(=C\C(C)C(C)NC2CC2)OCCN)CCCC1. The number of hydrogen-bond donors (Lipinski definition) is 2. The molecule has 0 radical (unpaired) electrons. The first kappa shape index (κ1) is 17.1. The molecule has 2 unspecified atom stereocenters. The third kappa shape index (κ3) is 4.90. The van der Waals surface area contributed by atoms with Gasteiger partial charge in [-0.15, -0.1) is 6.42 Å². The van der Waals surface area contributed by atoms with E-state index in [0.717, 1.165) is 30.2 Å². The fourth-order valence-electron chi connectivity index (χ4n) is 2.90. The molecule has 0 aromatic heterocycles. The van der Waals surface area contributed by atoms with Crippen LogP contribution >= 0.6 is 0 Å². The van der Waals surface area contributed by atoms with Crippen LogP contribution in [0.2, 0.25) is 0 Å². The summed E-state index contributed by atoms with van der Waals surface area (Å²) in [5.41, 5.74) is 7.96. The highest BCUT2D eigenvalue weighted by molar-refractivity contribution is 5.42. The molecular formula is C19H30N2O. The zero-order valence-electron chi connectivity index (χ0n) is 14.0. The number of terminal acetylenes is 1. The van der Waals surface area contributed by atoms with E-state index in [1.165, 1.54) is 31.3 Å². The van der Waals surface area contributed by atoms with Gasteiger partial charge in [0, 0.05) is 29.8 Å². The van der Waals surface area contributed by atoms with Crippen LogP contribution in [0.15, 0.2) is 23.0 Å². The van der Waals surface area contributed by atoms with Crippen molar-refractivity contribution in [1.82, 2.24) is 5.32 Å². The summed E-state index contributed by atoms with van der Waals surface area (Å²) < 4.78 is 5.96. The van der Waals surface area contributed by atoms with Crippen LogP contribution in [0.1, 0.15) is 52.4 Å². The predicted octanol–water partition coefficient (Wildman–Crippen LogP) is 3.13. The highest BCUT2D eigenvalue weighted by Gasteiger charge is 2.25. The van der Waals surface area contributed by atoms with Crippen LogP contribution in [-0.2, 0) is 4.74 Å². The molecule has 2 aliphatic rings. The monoisotopic (exact) mass is 302 g/mol. The molecule has 0 heterocycles. The summed E-state index contributed by atoms with van der Waals surface area (Å²) in [6.45, 7) is 5.56. The third-order valence-corrected chi connectivity index (χ3v) is 4.59. The molecule has 0 aromatic carbocycles. The van der Waals surface area contributed by atoms with Crippen molar-refractivity contribution in [3.63, 3.8) is 0 Å². The van der Waals surface area contributed by atoms with E-state index < -0.39 is 0 Å². The molecule has 2 rings (SSSR count). The van der Waals surface area contributed by atoms with Gasteiger partial charge in [0.15, 0.2) is 0 Å². The van der Waals surface area contributed by atoms with Crippen molar-refractivity contribution in [2.45, 2.75) is 64.5 Å². The molecule has 0 saturated heterocycles. The van der Waals surface area contributed by atoms with Gasteiger partial charge in [-0.1, -0.05) is 12.8 Å². The lowest BCUT2D eigenvalue weighted by molar-refractivity contribution is 0.222. The second-order valence-electron chi connectivity index (χ2n) is 6.57. The molecule has 0 amide bonds. The minimum Gasteiger partial charge on any atom is -0.492 e. The Morgan fingerprint density at radius 3 is 2.77 bits per heavy atom. The summed E-state index contributed by atoms with van der Waals surface area (Å²) in [6.07, 6.45) is 15.0. The first-order chi connectivity index (χ1) is 10.7. The Bertz CT molecular complexity index is 468. The summed E-state index contributed by atoms with van der Waals surface area (Å²) in [6, 6.07) is 1.16. The number of ether oxygens (including phenoxy) is 1. The van der Waals surface area contributed by atoms with E-state index in [1.807, 2.05) is 0 Å². The topological polar surface area (TPSA) is 47.3 Å². The molecule has 2 aliphatic carbocycles. The quantitative estimate of drug-likeness (QED) is 0.535.